The van der Waals surface area contributed by atoms with Crippen molar-refractivity contribution in [1.82, 2.24) is 5.43 Å². The smallest absolute Gasteiger partial charge is 0.159 e. The molecule has 2 rings (SSSR count). The Morgan fingerprint density at radius 2 is 2.14 bits per heavy atom. The van der Waals surface area contributed by atoms with E-state index < -0.39 is 0 Å². The van der Waals surface area contributed by atoms with Gasteiger partial charge in [-0.25, -0.2) is 5.43 Å². The predicted octanol–water partition coefficient (Wildman–Crippen LogP) is 1.20. The summed E-state index contributed by atoms with van der Waals surface area (Å²) in [6.07, 6.45) is 1.72. The zero-order valence-electron chi connectivity index (χ0n) is 7.90. The molecule has 14 heavy (non-hydrogen) atoms. The average molecular weight is 189 g/mol. The van der Waals surface area contributed by atoms with Gasteiger partial charge in [-0.05, 0) is 31.2 Å². The molecule has 0 radical (unpaired) electrons. The number of hydrogen-bond donors (Lipinski definition) is 1. The van der Waals surface area contributed by atoms with Gasteiger partial charge in [0.2, 0.25) is 0 Å². The molecular weight excluding hydrogens is 178 g/mol. The summed E-state index contributed by atoms with van der Waals surface area (Å²) in [5, 5.41) is 1.82. The van der Waals surface area contributed by atoms with Crippen LogP contribution in [0.25, 0.3) is 0 Å². The molecule has 0 saturated carbocycles. The van der Waals surface area contributed by atoms with E-state index in [4.69, 9.17) is 0 Å². The summed E-state index contributed by atoms with van der Waals surface area (Å²) in [4.78, 5) is 15.0. The molecule has 0 saturated heterocycles. The fourth-order valence-corrected chi connectivity index (χ4v) is 1.29. The lowest BCUT2D eigenvalue weighted by Crippen LogP contribution is -2.30. The zero-order chi connectivity index (χ0) is 9.97. The molecule has 0 amide bonds. The van der Waals surface area contributed by atoms with Crippen molar-refractivity contribution in [3.8, 4) is 0 Å². The Morgan fingerprint density at radius 3 is 2.64 bits per heavy atom. The summed E-state index contributed by atoms with van der Waals surface area (Å²) in [7, 11) is 0. The van der Waals surface area contributed by atoms with E-state index in [9.17, 15) is 4.79 Å². The van der Waals surface area contributed by atoms with Gasteiger partial charge < -0.3 is 0 Å². The lowest BCUT2D eigenvalue weighted by Gasteiger charge is -2.13. The monoisotopic (exact) mass is 189 g/mol. The first kappa shape index (κ1) is 8.90. The van der Waals surface area contributed by atoms with Crippen molar-refractivity contribution in [3.63, 3.8) is 0 Å². The second kappa shape index (κ2) is 3.59. The van der Waals surface area contributed by atoms with Crippen LogP contribution in [-0.4, -0.2) is 18.8 Å². The molecule has 1 heterocycles. The number of hydrazine groups is 1. The quantitative estimate of drug-likeness (QED) is 0.711. The summed E-state index contributed by atoms with van der Waals surface area (Å²) < 4.78 is 0. The maximum atomic E-state index is 11.0. The van der Waals surface area contributed by atoms with E-state index in [2.05, 4.69) is 10.4 Å². The second-order valence-corrected chi connectivity index (χ2v) is 3.09. The maximum absolute atomic E-state index is 11.0. The molecule has 1 aromatic carbocycles. The summed E-state index contributed by atoms with van der Waals surface area (Å²) in [6, 6.07) is 7.40. The highest BCUT2D eigenvalue weighted by atomic mass is 16.1. The third-order valence-corrected chi connectivity index (χ3v) is 2.08. The number of carbonyl (C=O) groups excluding carboxylic acids is 1. The largest absolute Gasteiger partial charge is 0.295 e. The SMILES string of the molecule is CC(=O)c1ccc(N2C=NCN2)cc1. The molecule has 1 N–H and O–H groups in total. The molecule has 0 spiro atoms. The van der Waals surface area contributed by atoms with Gasteiger partial charge in [-0.15, -0.1) is 0 Å². The van der Waals surface area contributed by atoms with Crippen molar-refractivity contribution >= 4 is 17.8 Å². The minimum absolute atomic E-state index is 0.0830. The van der Waals surface area contributed by atoms with Crippen LogP contribution in [0.15, 0.2) is 29.3 Å². The number of aliphatic imine (C=N–C) groups is 1. The Morgan fingerprint density at radius 1 is 1.43 bits per heavy atom. The highest BCUT2D eigenvalue weighted by Gasteiger charge is 2.07. The molecule has 1 aliphatic heterocycles. The molecule has 0 atom stereocenters. The lowest BCUT2D eigenvalue weighted by atomic mass is 10.1. The van der Waals surface area contributed by atoms with E-state index >= 15 is 0 Å². The van der Waals surface area contributed by atoms with Crippen LogP contribution in [0.5, 0.6) is 0 Å². The van der Waals surface area contributed by atoms with Crippen LogP contribution in [0.1, 0.15) is 17.3 Å². The van der Waals surface area contributed by atoms with Gasteiger partial charge in [-0.2, -0.15) is 0 Å². The number of nitrogens with zero attached hydrogens (tertiary/aromatic N) is 2. The van der Waals surface area contributed by atoms with Crippen LogP contribution in [0.3, 0.4) is 0 Å². The number of benzene rings is 1. The number of anilines is 1. The van der Waals surface area contributed by atoms with Gasteiger partial charge >= 0.3 is 0 Å². The van der Waals surface area contributed by atoms with Crippen molar-refractivity contribution in [3.05, 3.63) is 29.8 Å². The van der Waals surface area contributed by atoms with Gasteiger partial charge in [-0.3, -0.25) is 14.8 Å². The highest BCUT2D eigenvalue weighted by Crippen LogP contribution is 2.13. The van der Waals surface area contributed by atoms with Crippen LogP contribution < -0.4 is 10.4 Å². The van der Waals surface area contributed by atoms with Gasteiger partial charge in [-0.1, -0.05) is 0 Å². The molecule has 0 unspecified atom stereocenters. The van der Waals surface area contributed by atoms with Crippen LogP contribution >= 0.6 is 0 Å². The minimum atomic E-state index is 0.0830. The van der Waals surface area contributed by atoms with Crippen LogP contribution in [-0.2, 0) is 0 Å². The third-order valence-electron chi connectivity index (χ3n) is 2.08. The Labute approximate surface area is 82.2 Å². The molecule has 4 heteroatoms. The summed E-state index contributed by atoms with van der Waals surface area (Å²) >= 11 is 0. The predicted molar refractivity (Wildman–Crippen MR) is 55.4 cm³/mol. The lowest BCUT2D eigenvalue weighted by molar-refractivity contribution is 0.101. The van der Waals surface area contributed by atoms with Crippen molar-refractivity contribution in [2.75, 3.05) is 11.7 Å². The fourth-order valence-electron chi connectivity index (χ4n) is 1.29. The van der Waals surface area contributed by atoms with Crippen LogP contribution in [0, 0.1) is 0 Å². The summed E-state index contributed by atoms with van der Waals surface area (Å²) in [6.45, 7) is 2.17. The Kier molecular flexibility index (Phi) is 2.28. The normalized spacial score (nSPS) is 14.8. The van der Waals surface area contributed by atoms with E-state index in [1.54, 1.807) is 13.3 Å². The molecular formula is C10H11N3O. The molecule has 72 valence electrons. The van der Waals surface area contributed by atoms with Crippen molar-refractivity contribution in [2.24, 2.45) is 4.99 Å². The molecule has 0 bridgehead atoms. The highest BCUT2D eigenvalue weighted by molar-refractivity contribution is 5.94. The zero-order valence-corrected chi connectivity index (χ0v) is 7.90. The van der Waals surface area contributed by atoms with Crippen molar-refractivity contribution in [1.29, 1.82) is 0 Å². The average Bonchev–Trinajstić information content (AvgIpc) is 2.71. The van der Waals surface area contributed by atoms with Crippen molar-refractivity contribution in [2.45, 2.75) is 6.92 Å². The van der Waals surface area contributed by atoms with E-state index in [1.807, 2.05) is 29.3 Å². The maximum Gasteiger partial charge on any atom is 0.159 e. The van der Waals surface area contributed by atoms with Crippen LogP contribution in [0.2, 0.25) is 0 Å². The van der Waals surface area contributed by atoms with Gasteiger partial charge in [0, 0.05) is 5.56 Å². The Bertz CT molecular complexity index is 369. The number of Topliss-reactive ketones (excluding diaryl/α,β-unsaturated/α-hetero) is 1. The first-order valence-corrected chi connectivity index (χ1v) is 4.41. The number of ketones is 1. The number of hydrogen-bond acceptors (Lipinski definition) is 4. The standard InChI is InChI=1S/C10H11N3O/c1-8(14)9-2-4-10(5-3-9)13-7-11-6-12-13/h2-5,7,12H,6H2,1H3. The van der Waals surface area contributed by atoms with Gasteiger partial charge in [0.25, 0.3) is 0 Å². The van der Waals surface area contributed by atoms with Gasteiger partial charge in [0.1, 0.15) is 13.0 Å². The number of rotatable bonds is 2. The van der Waals surface area contributed by atoms with Gasteiger partial charge in [0.15, 0.2) is 5.78 Å². The van der Waals surface area contributed by atoms with Crippen molar-refractivity contribution < 1.29 is 4.79 Å². The molecule has 0 aliphatic carbocycles. The topological polar surface area (TPSA) is 44.7 Å². The van der Waals surface area contributed by atoms with E-state index in [-0.39, 0.29) is 5.78 Å². The van der Waals surface area contributed by atoms with Gasteiger partial charge in [0.05, 0.1) is 5.69 Å². The van der Waals surface area contributed by atoms with E-state index in [0.29, 0.717) is 6.67 Å². The number of carbonyl (C=O) groups is 1. The second-order valence-electron chi connectivity index (χ2n) is 3.09. The summed E-state index contributed by atoms with van der Waals surface area (Å²) in [5.74, 6) is 0.0830. The molecule has 1 aromatic rings. The fraction of sp³-hybridized carbons (Fsp3) is 0.200. The first-order valence-electron chi connectivity index (χ1n) is 4.41. The van der Waals surface area contributed by atoms with Crippen LogP contribution in [0.4, 0.5) is 5.69 Å². The Balaban J connectivity index is 2.21. The first-order chi connectivity index (χ1) is 6.77. The van der Waals surface area contributed by atoms with E-state index in [0.717, 1.165) is 11.3 Å². The Hall–Kier alpha value is -1.68. The van der Waals surface area contributed by atoms with E-state index in [1.165, 1.54) is 0 Å². The molecule has 0 fully saturated rings. The third kappa shape index (κ3) is 1.65. The molecule has 1 aliphatic rings. The number of nitrogens with one attached hydrogen (secondary N) is 1. The summed E-state index contributed by atoms with van der Waals surface area (Å²) in [5.41, 5.74) is 4.76. The molecule has 0 aromatic heterocycles. The minimum Gasteiger partial charge on any atom is -0.295 e. The molecule has 4 nitrogen and oxygen atoms in total.